The van der Waals surface area contributed by atoms with Gasteiger partial charge in [-0.25, -0.2) is 9.97 Å². The second-order valence-corrected chi connectivity index (χ2v) is 10.7. The van der Waals surface area contributed by atoms with Crippen molar-refractivity contribution >= 4 is 39.0 Å². The number of nitrogens with one attached hydrogen (secondary N) is 2. The van der Waals surface area contributed by atoms with E-state index in [2.05, 4.69) is 72.9 Å². The van der Waals surface area contributed by atoms with Crippen LogP contribution in [0.3, 0.4) is 0 Å². The van der Waals surface area contributed by atoms with Crippen molar-refractivity contribution in [3.05, 3.63) is 90.9 Å². The zero-order chi connectivity index (χ0) is 27.9. The van der Waals surface area contributed by atoms with Crippen molar-refractivity contribution in [1.29, 1.82) is 0 Å². The van der Waals surface area contributed by atoms with Gasteiger partial charge < -0.3 is 26.0 Å². The van der Waals surface area contributed by atoms with Gasteiger partial charge in [-0.3, -0.25) is 4.98 Å². The number of anilines is 3. The van der Waals surface area contributed by atoms with Crippen molar-refractivity contribution < 1.29 is 4.74 Å². The van der Waals surface area contributed by atoms with E-state index in [1.165, 1.54) is 10.9 Å². The van der Waals surface area contributed by atoms with Crippen LogP contribution in [0.25, 0.3) is 21.8 Å². The van der Waals surface area contributed by atoms with Gasteiger partial charge in [-0.15, -0.1) is 0 Å². The third-order valence-corrected chi connectivity index (χ3v) is 7.88. The third kappa shape index (κ3) is 6.84. The SMILES string of the molecule is Nc1ccc(CCNc2ncnc3cc(OCC4CCN(CCNc5ccnc6ccccc56)CC4)ccc23)cc1. The molecule has 0 saturated carbocycles. The van der Waals surface area contributed by atoms with Gasteiger partial charge in [0.05, 0.1) is 17.6 Å². The summed E-state index contributed by atoms with van der Waals surface area (Å²) in [6.45, 7) is 5.67. The molecule has 210 valence electrons. The lowest BCUT2D eigenvalue weighted by atomic mass is 9.98. The molecule has 5 aromatic rings. The number of hydrogen-bond acceptors (Lipinski definition) is 8. The fourth-order valence-electron chi connectivity index (χ4n) is 5.47. The lowest BCUT2D eigenvalue weighted by molar-refractivity contribution is 0.145. The number of likely N-dealkylation sites (tertiary alicyclic amines) is 1. The molecular weight excluding hydrogens is 510 g/mol. The average molecular weight is 548 g/mol. The van der Waals surface area contributed by atoms with Crippen molar-refractivity contribution in [3.8, 4) is 5.75 Å². The summed E-state index contributed by atoms with van der Waals surface area (Å²) in [4.78, 5) is 16.0. The first-order valence-electron chi connectivity index (χ1n) is 14.5. The Kier molecular flexibility index (Phi) is 8.38. The van der Waals surface area contributed by atoms with Gasteiger partial charge in [0, 0.05) is 54.0 Å². The minimum Gasteiger partial charge on any atom is -0.493 e. The Morgan fingerprint density at radius 2 is 1.68 bits per heavy atom. The number of rotatable bonds is 11. The summed E-state index contributed by atoms with van der Waals surface area (Å²) in [7, 11) is 0. The van der Waals surface area contributed by atoms with Crippen LogP contribution in [0.1, 0.15) is 18.4 Å². The summed E-state index contributed by atoms with van der Waals surface area (Å²) in [5, 5.41) is 9.23. The predicted molar refractivity (Wildman–Crippen MR) is 167 cm³/mol. The number of aromatic nitrogens is 3. The number of hydrogen-bond donors (Lipinski definition) is 3. The summed E-state index contributed by atoms with van der Waals surface area (Å²) in [6.07, 6.45) is 6.68. The van der Waals surface area contributed by atoms with E-state index in [0.717, 1.165) is 98.0 Å². The monoisotopic (exact) mass is 547 g/mol. The molecule has 0 atom stereocenters. The maximum atomic E-state index is 6.23. The van der Waals surface area contributed by atoms with Gasteiger partial charge in [0.25, 0.3) is 0 Å². The highest BCUT2D eigenvalue weighted by Crippen LogP contribution is 2.26. The van der Waals surface area contributed by atoms with Crippen LogP contribution in [-0.2, 0) is 6.42 Å². The third-order valence-electron chi connectivity index (χ3n) is 7.88. The second-order valence-electron chi connectivity index (χ2n) is 10.7. The number of pyridine rings is 1. The van der Waals surface area contributed by atoms with Gasteiger partial charge in [-0.2, -0.15) is 0 Å². The van der Waals surface area contributed by atoms with Crippen LogP contribution in [0.5, 0.6) is 5.75 Å². The van der Waals surface area contributed by atoms with Crippen LogP contribution in [0, 0.1) is 5.92 Å². The van der Waals surface area contributed by atoms with Crippen LogP contribution in [0.15, 0.2) is 85.3 Å². The Hall–Kier alpha value is -4.43. The van der Waals surface area contributed by atoms with Gasteiger partial charge >= 0.3 is 0 Å². The highest BCUT2D eigenvalue weighted by Gasteiger charge is 2.19. The first-order valence-corrected chi connectivity index (χ1v) is 14.5. The number of para-hydroxylation sites is 1. The Morgan fingerprint density at radius 3 is 2.56 bits per heavy atom. The molecule has 8 heteroatoms. The smallest absolute Gasteiger partial charge is 0.137 e. The molecule has 1 aliphatic rings. The minimum absolute atomic E-state index is 0.565. The van der Waals surface area contributed by atoms with E-state index < -0.39 is 0 Å². The summed E-state index contributed by atoms with van der Waals surface area (Å²) in [6, 6.07) is 24.4. The van der Waals surface area contributed by atoms with Crippen LogP contribution < -0.4 is 21.1 Å². The fraction of sp³-hybridized carbons (Fsp3) is 0.303. The van der Waals surface area contributed by atoms with Crippen molar-refractivity contribution in [2.24, 2.45) is 5.92 Å². The number of nitrogen functional groups attached to an aromatic ring is 1. The van der Waals surface area contributed by atoms with E-state index in [4.69, 9.17) is 10.5 Å². The molecule has 0 bridgehead atoms. The molecule has 2 aromatic heterocycles. The average Bonchev–Trinajstić information content (AvgIpc) is 3.02. The van der Waals surface area contributed by atoms with Crippen LogP contribution >= 0.6 is 0 Å². The minimum atomic E-state index is 0.565. The van der Waals surface area contributed by atoms with Gasteiger partial charge in [0.1, 0.15) is 17.9 Å². The number of piperidine rings is 1. The summed E-state index contributed by atoms with van der Waals surface area (Å²) in [5.74, 6) is 2.27. The van der Waals surface area contributed by atoms with Crippen molar-refractivity contribution in [1.82, 2.24) is 19.9 Å². The molecule has 1 saturated heterocycles. The fourth-order valence-corrected chi connectivity index (χ4v) is 5.47. The Labute approximate surface area is 241 Å². The molecule has 4 N–H and O–H groups in total. The second kappa shape index (κ2) is 12.8. The molecule has 0 amide bonds. The largest absolute Gasteiger partial charge is 0.493 e. The normalized spacial score (nSPS) is 14.3. The number of ether oxygens (including phenoxy) is 1. The van der Waals surface area contributed by atoms with E-state index in [-0.39, 0.29) is 0 Å². The first kappa shape index (κ1) is 26.8. The molecule has 3 heterocycles. The Bertz CT molecular complexity index is 1580. The quantitative estimate of drug-likeness (QED) is 0.183. The van der Waals surface area contributed by atoms with Gasteiger partial charge in [0.2, 0.25) is 0 Å². The summed E-state index contributed by atoms with van der Waals surface area (Å²) in [5.41, 5.74) is 10.9. The Balaban J connectivity index is 0.944. The lowest BCUT2D eigenvalue weighted by Crippen LogP contribution is -2.38. The highest BCUT2D eigenvalue weighted by atomic mass is 16.5. The molecule has 0 aliphatic carbocycles. The van der Waals surface area contributed by atoms with Crippen molar-refractivity contribution in [3.63, 3.8) is 0 Å². The molecule has 41 heavy (non-hydrogen) atoms. The van der Waals surface area contributed by atoms with Crippen LogP contribution in [0.4, 0.5) is 17.2 Å². The van der Waals surface area contributed by atoms with Gasteiger partial charge in [0.15, 0.2) is 0 Å². The number of nitrogens with two attached hydrogens (primary N) is 1. The molecule has 0 radical (unpaired) electrons. The van der Waals surface area contributed by atoms with Gasteiger partial charge in [-0.05, 0) is 80.2 Å². The lowest BCUT2D eigenvalue weighted by Gasteiger charge is -2.32. The zero-order valence-electron chi connectivity index (χ0n) is 23.3. The topological polar surface area (TPSA) is 101 Å². The molecular formula is C33H37N7O. The zero-order valence-corrected chi connectivity index (χ0v) is 23.3. The van der Waals surface area contributed by atoms with E-state index in [9.17, 15) is 0 Å². The van der Waals surface area contributed by atoms with Gasteiger partial charge in [-0.1, -0.05) is 30.3 Å². The predicted octanol–water partition coefficient (Wildman–Crippen LogP) is 5.62. The standard InChI is InChI=1S/C33H37N7O/c34-26-7-5-24(6-8-26)11-15-37-33-29-10-9-27(21-32(29)38-23-39-33)41-22-25-13-18-40(19-14-25)20-17-36-31-12-16-35-30-4-2-1-3-28(30)31/h1-10,12,16,21,23,25H,11,13-15,17-20,22,34H2,(H,35,36)(H,37,38,39). The maximum Gasteiger partial charge on any atom is 0.137 e. The first-order chi connectivity index (χ1) is 20.2. The van der Waals surface area contributed by atoms with Crippen LogP contribution in [-0.4, -0.2) is 59.2 Å². The molecule has 8 nitrogen and oxygen atoms in total. The molecule has 6 rings (SSSR count). The molecule has 0 spiro atoms. The Morgan fingerprint density at radius 1 is 0.829 bits per heavy atom. The maximum absolute atomic E-state index is 6.23. The van der Waals surface area contributed by atoms with E-state index in [1.54, 1.807) is 6.33 Å². The number of benzene rings is 3. The van der Waals surface area contributed by atoms with Crippen molar-refractivity contribution in [2.45, 2.75) is 19.3 Å². The van der Waals surface area contributed by atoms with E-state index in [1.807, 2.05) is 36.5 Å². The van der Waals surface area contributed by atoms with Crippen molar-refractivity contribution in [2.75, 3.05) is 55.7 Å². The number of nitrogens with zero attached hydrogens (tertiary/aromatic N) is 4. The molecule has 1 aliphatic heterocycles. The summed E-state index contributed by atoms with van der Waals surface area (Å²) >= 11 is 0. The van der Waals surface area contributed by atoms with Crippen LogP contribution in [0.2, 0.25) is 0 Å². The summed E-state index contributed by atoms with van der Waals surface area (Å²) < 4.78 is 6.23. The highest BCUT2D eigenvalue weighted by molar-refractivity contribution is 5.91. The number of fused-ring (bicyclic) bond motifs is 2. The van der Waals surface area contributed by atoms with E-state index in [0.29, 0.717) is 5.92 Å². The molecule has 3 aromatic carbocycles. The molecule has 0 unspecified atom stereocenters. The van der Waals surface area contributed by atoms with E-state index >= 15 is 0 Å². The molecule has 1 fully saturated rings.